The molecular weight excluding hydrogens is 749 g/mol. The molecule has 1 aromatic heterocycles. The van der Waals surface area contributed by atoms with Crippen LogP contribution in [-0.4, -0.2) is 4.57 Å². The average molecular weight is 789 g/mol. The first-order valence-electron chi connectivity index (χ1n) is 21.3. The second-order valence-corrected chi connectivity index (χ2v) is 16.2. The number of hydrogen-bond acceptors (Lipinski definition) is 1. The zero-order valence-corrected chi connectivity index (χ0v) is 34.0. The Balaban J connectivity index is 1.03. The Morgan fingerprint density at radius 3 is 1.44 bits per heavy atom. The summed E-state index contributed by atoms with van der Waals surface area (Å²) in [5, 5.41) is 9.93. The number of benzene rings is 11. The molecule has 0 amide bonds. The maximum absolute atomic E-state index is 2.45. The highest BCUT2D eigenvalue weighted by Gasteiger charge is 2.21. The van der Waals surface area contributed by atoms with E-state index < -0.39 is 0 Å². The van der Waals surface area contributed by atoms with Crippen LogP contribution in [0.3, 0.4) is 0 Å². The lowest BCUT2D eigenvalue weighted by molar-refractivity contribution is 1.19. The Bertz CT molecular complexity index is 3500. The van der Waals surface area contributed by atoms with E-state index in [1.165, 1.54) is 87.5 Å². The summed E-state index contributed by atoms with van der Waals surface area (Å²) in [5.74, 6) is 0. The van der Waals surface area contributed by atoms with Crippen LogP contribution >= 0.6 is 0 Å². The normalized spacial score (nSPS) is 11.5. The van der Waals surface area contributed by atoms with Crippen LogP contribution in [0.25, 0.3) is 93.2 Å². The van der Waals surface area contributed by atoms with Gasteiger partial charge < -0.3 is 9.47 Å². The van der Waals surface area contributed by atoms with Crippen molar-refractivity contribution in [2.24, 2.45) is 0 Å². The Morgan fingerprint density at radius 2 is 0.806 bits per heavy atom. The van der Waals surface area contributed by atoms with Gasteiger partial charge in [-0.05, 0) is 133 Å². The maximum Gasteiger partial charge on any atom is 0.0625 e. The van der Waals surface area contributed by atoms with Gasteiger partial charge in [-0.2, -0.15) is 0 Å². The van der Waals surface area contributed by atoms with Crippen molar-refractivity contribution in [2.45, 2.75) is 0 Å². The number of anilines is 3. The summed E-state index contributed by atoms with van der Waals surface area (Å²) in [5.41, 5.74) is 14.0. The van der Waals surface area contributed by atoms with Gasteiger partial charge in [0.25, 0.3) is 0 Å². The van der Waals surface area contributed by atoms with E-state index in [0.29, 0.717) is 0 Å². The Hall–Kier alpha value is -8.20. The molecule has 0 aliphatic heterocycles. The molecule has 0 spiro atoms. The molecule has 12 aromatic rings. The van der Waals surface area contributed by atoms with Crippen LogP contribution in [0.15, 0.2) is 243 Å². The lowest BCUT2D eigenvalue weighted by atomic mass is 9.94. The summed E-state index contributed by atoms with van der Waals surface area (Å²) in [4.78, 5) is 2.39. The lowest BCUT2D eigenvalue weighted by Gasteiger charge is -2.26. The quantitative estimate of drug-likeness (QED) is 0.156. The summed E-state index contributed by atoms with van der Waals surface area (Å²) < 4.78 is 2.45. The fraction of sp³-hybridized carbons (Fsp3) is 0. The van der Waals surface area contributed by atoms with Crippen molar-refractivity contribution in [3.05, 3.63) is 243 Å². The molecule has 0 saturated heterocycles. The third-order valence-electron chi connectivity index (χ3n) is 12.5. The molecule has 12 rings (SSSR count). The Kier molecular flexibility index (Phi) is 8.53. The van der Waals surface area contributed by atoms with E-state index in [2.05, 4.69) is 252 Å². The van der Waals surface area contributed by atoms with Crippen molar-refractivity contribution >= 4 is 71.2 Å². The van der Waals surface area contributed by atoms with E-state index in [1.54, 1.807) is 0 Å². The van der Waals surface area contributed by atoms with Crippen molar-refractivity contribution in [3.63, 3.8) is 0 Å². The van der Waals surface area contributed by atoms with Gasteiger partial charge >= 0.3 is 0 Å². The SMILES string of the molecule is c1ccc(-n2c3ccccc3c3c(-c4cccc(N(c5ccc(-c6ccc7ccccc7c6)cc5)c5ccc(-c6ccc7ccccc7c6)cc5)c4)cc4ccccc4c32)cc1. The van der Waals surface area contributed by atoms with Crippen LogP contribution in [0.1, 0.15) is 0 Å². The van der Waals surface area contributed by atoms with E-state index >= 15 is 0 Å². The van der Waals surface area contributed by atoms with Gasteiger partial charge in [0.1, 0.15) is 0 Å². The van der Waals surface area contributed by atoms with Crippen molar-refractivity contribution in [2.75, 3.05) is 4.90 Å². The number of aromatic nitrogens is 1. The zero-order chi connectivity index (χ0) is 41.0. The highest BCUT2D eigenvalue weighted by atomic mass is 15.1. The summed E-state index contributed by atoms with van der Waals surface area (Å²) in [7, 11) is 0. The second kappa shape index (κ2) is 14.8. The van der Waals surface area contributed by atoms with E-state index in [-0.39, 0.29) is 0 Å². The molecule has 62 heavy (non-hydrogen) atoms. The Labute approximate surface area is 360 Å². The standard InChI is InChI=1S/C60H40N2/c1-2-19-51(20-3-1)62-58-24-11-10-23-56(58)59-57(40-50-17-8-9-22-55(50)60(59)62)49-18-12-21-54(39-49)61(52-33-29-43(30-34-52)47-27-25-41-13-4-6-15-45(41)37-47)53-35-31-44(32-36-53)48-28-26-42-14-5-7-16-46(42)38-48/h1-40H. The molecule has 0 atom stereocenters. The average Bonchev–Trinajstić information content (AvgIpc) is 3.70. The summed E-state index contributed by atoms with van der Waals surface area (Å²) >= 11 is 0. The smallest absolute Gasteiger partial charge is 0.0625 e. The minimum Gasteiger partial charge on any atom is -0.310 e. The van der Waals surface area contributed by atoms with Gasteiger partial charge in [-0.15, -0.1) is 0 Å². The van der Waals surface area contributed by atoms with Gasteiger partial charge in [0.15, 0.2) is 0 Å². The van der Waals surface area contributed by atoms with Gasteiger partial charge in [-0.25, -0.2) is 0 Å². The predicted octanol–water partition coefficient (Wildman–Crippen LogP) is 16.7. The fourth-order valence-corrected chi connectivity index (χ4v) is 9.51. The first-order valence-corrected chi connectivity index (χ1v) is 21.3. The third kappa shape index (κ3) is 6.12. The maximum atomic E-state index is 2.45. The van der Waals surface area contributed by atoms with Crippen molar-refractivity contribution in [1.29, 1.82) is 0 Å². The van der Waals surface area contributed by atoms with Crippen LogP contribution < -0.4 is 4.90 Å². The first kappa shape index (κ1) is 35.7. The van der Waals surface area contributed by atoms with Crippen LogP contribution in [0.2, 0.25) is 0 Å². The monoisotopic (exact) mass is 788 g/mol. The van der Waals surface area contributed by atoms with E-state index in [4.69, 9.17) is 0 Å². The molecule has 0 aliphatic rings. The molecule has 1 heterocycles. The topological polar surface area (TPSA) is 8.17 Å². The van der Waals surface area contributed by atoms with E-state index in [1.807, 2.05) is 0 Å². The number of rotatable bonds is 7. The summed E-state index contributed by atoms with van der Waals surface area (Å²) in [6.45, 7) is 0. The van der Waals surface area contributed by atoms with Crippen LogP contribution in [-0.2, 0) is 0 Å². The molecule has 290 valence electrons. The highest BCUT2D eigenvalue weighted by Crippen LogP contribution is 2.45. The third-order valence-corrected chi connectivity index (χ3v) is 12.5. The fourth-order valence-electron chi connectivity index (χ4n) is 9.51. The minimum absolute atomic E-state index is 1.09. The summed E-state index contributed by atoms with van der Waals surface area (Å²) in [6, 6.07) is 88.5. The molecule has 11 aromatic carbocycles. The summed E-state index contributed by atoms with van der Waals surface area (Å²) in [6.07, 6.45) is 0. The van der Waals surface area contributed by atoms with Crippen molar-refractivity contribution in [1.82, 2.24) is 4.57 Å². The molecule has 2 heteroatoms. The second-order valence-electron chi connectivity index (χ2n) is 16.2. The first-order chi connectivity index (χ1) is 30.7. The molecular formula is C60H40N2. The van der Waals surface area contributed by atoms with Crippen molar-refractivity contribution < 1.29 is 0 Å². The van der Waals surface area contributed by atoms with E-state index in [9.17, 15) is 0 Å². The van der Waals surface area contributed by atoms with Crippen molar-refractivity contribution in [3.8, 4) is 39.1 Å². The zero-order valence-electron chi connectivity index (χ0n) is 34.0. The molecule has 0 saturated carbocycles. The molecule has 2 nitrogen and oxygen atoms in total. The number of fused-ring (bicyclic) bond motifs is 7. The molecule has 0 N–H and O–H groups in total. The molecule has 0 unspecified atom stereocenters. The van der Waals surface area contributed by atoms with Crippen LogP contribution in [0.5, 0.6) is 0 Å². The molecule has 0 aliphatic carbocycles. The van der Waals surface area contributed by atoms with Gasteiger partial charge in [-0.3, -0.25) is 0 Å². The molecule has 0 radical (unpaired) electrons. The van der Waals surface area contributed by atoms with Crippen LogP contribution in [0, 0.1) is 0 Å². The van der Waals surface area contributed by atoms with E-state index in [0.717, 1.165) is 22.7 Å². The van der Waals surface area contributed by atoms with Crippen LogP contribution in [0.4, 0.5) is 17.1 Å². The number of hydrogen-bond donors (Lipinski definition) is 0. The largest absolute Gasteiger partial charge is 0.310 e. The lowest BCUT2D eigenvalue weighted by Crippen LogP contribution is -2.10. The number of nitrogens with zero attached hydrogens (tertiary/aromatic N) is 2. The van der Waals surface area contributed by atoms with Gasteiger partial charge in [0.2, 0.25) is 0 Å². The van der Waals surface area contributed by atoms with Gasteiger partial charge in [0.05, 0.1) is 11.0 Å². The molecule has 0 bridgehead atoms. The molecule has 0 fully saturated rings. The predicted molar refractivity (Wildman–Crippen MR) is 264 cm³/mol. The van der Waals surface area contributed by atoms with Gasteiger partial charge in [0, 0.05) is 38.9 Å². The number of para-hydroxylation sites is 2. The van der Waals surface area contributed by atoms with Gasteiger partial charge in [-0.1, -0.05) is 170 Å². The highest BCUT2D eigenvalue weighted by molar-refractivity contribution is 6.24. The Morgan fingerprint density at radius 1 is 0.290 bits per heavy atom. The minimum atomic E-state index is 1.09.